The van der Waals surface area contributed by atoms with Gasteiger partial charge in [0.15, 0.2) is 0 Å². The highest BCUT2D eigenvalue weighted by atomic mass is 16.5. The first-order chi connectivity index (χ1) is 8.08. The average molecular weight is 232 g/mol. The zero-order valence-electron chi connectivity index (χ0n) is 9.25. The van der Waals surface area contributed by atoms with Crippen LogP contribution in [0.15, 0.2) is 34.9 Å². The minimum atomic E-state index is -0.511. The number of hydrogen-bond acceptors (Lipinski definition) is 4. The number of nitrogens with zero attached hydrogens (tertiary/aromatic N) is 2. The smallest absolute Gasteiger partial charge is 0.318 e. The lowest BCUT2D eigenvalue weighted by Gasteiger charge is -2.14. The van der Waals surface area contributed by atoms with Crippen LogP contribution in [0.25, 0.3) is 11.3 Å². The summed E-state index contributed by atoms with van der Waals surface area (Å²) in [6, 6.07) is 8.28. The molecule has 0 aliphatic carbocycles. The van der Waals surface area contributed by atoms with Crippen molar-refractivity contribution in [3.63, 3.8) is 0 Å². The second-order valence-corrected chi connectivity index (χ2v) is 3.56. The molecule has 2 rings (SSSR count). The monoisotopic (exact) mass is 232 g/mol. The Morgan fingerprint density at radius 3 is 2.47 bits per heavy atom. The zero-order valence-corrected chi connectivity index (χ0v) is 9.25. The van der Waals surface area contributed by atoms with Gasteiger partial charge in [-0.2, -0.15) is 0 Å². The van der Waals surface area contributed by atoms with Crippen LogP contribution in [0.2, 0.25) is 0 Å². The van der Waals surface area contributed by atoms with Crippen LogP contribution >= 0.6 is 0 Å². The Balaban J connectivity index is 2.27. The van der Waals surface area contributed by atoms with Crippen LogP contribution in [0.5, 0.6) is 0 Å². The van der Waals surface area contributed by atoms with E-state index < -0.39 is 6.03 Å². The maximum absolute atomic E-state index is 11.0. The van der Waals surface area contributed by atoms with Crippen molar-refractivity contribution in [3.8, 4) is 11.3 Å². The molecule has 4 N–H and O–H groups in total. The van der Waals surface area contributed by atoms with Gasteiger partial charge in [0.05, 0.1) is 0 Å². The Kier molecular flexibility index (Phi) is 2.70. The normalized spacial score (nSPS) is 10.2. The minimum Gasteiger partial charge on any atom is -0.368 e. The molecule has 0 unspecified atom stereocenters. The molecule has 0 spiro atoms. The lowest BCUT2D eigenvalue weighted by Crippen LogP contribution is -2.31. The highest BCUT2D eigenvalue weighted by Crippen LogP contribution is 2.23. The number of amides is 2. The Bertz CT molecular complexity index is 533. The molecule has 1 aromatic carbocycles. The SMILES string of the molecule is CN(C(N)=O)c1ccc(-c2cc(N)on2)cc1. The first-order valence-corrected chi connectivity index (χ1v) is 4.93. The molecule has 0 aliphatic rings. The fraction of sp³-hybridized carbons (Fsp3) is 0.0909. The van der Waals surface area contributed by atoms with Gasteiger partial charge < -0.3 is 16.0 Å². The van der Waals surface area contributed by atoms with Crippen LogP contribution in [0.4, 0.5) is 16.4 Å². The molecule has 2 amide bonds. The van der Waals surface area contributed by atoms with Crippen LogP contribution in [-0.2, 0) is 0 Å². The molecule has 0 aliphatic heterocycles. The fourth-order valence-electron chi connectivity index (χ4n) is 1.41. The van der Waals surface area contributed by atoms with Crippen LogP contribution in [0.3, 0.4) is 0 Å². The molecule has 0 fully saturated rings. The van der Waals surface area contributed by atoms with Gasteiger partial charge in [-0.3, -0.25) is 4.90 Å². The molecular weight excluding hydrogens is 220 g/mol. The van der Waals surface area contributed by atoms with Gasteiger partial charge in [0.2, 0.25) is 5.88 Å². The van der Waals surface area contributed by atoms with Crippen LogP contribution < -0.4 is 16.4 Å². The maximum Gasteiger partial charge on any atom is 0.318 e. The van der Waals surface area contributed by atoms with E-state index >= 15 is 0 Å². The molecular formula is C11H12N4O2. The summed E-state index contributed by atoms with van der Waals surface area (Å²) in [6.07, 6.45) is 0. The average Bonchev–Trinajstić information content (AvgIpc) is 2.75. The quantitative estimate of drug-likeness (QED) is 0.818. The summed E-state index contributed by atoms with van der Waals surface area (Å²) < 4.78 is 4.78. The van der Waals surface area contributed by atoms with Crippen molar-refractivity contribution in [2.75, 3.05) is 17.7 Å². The first kappa shape index (κ1) is 11.0. The number of anilines is 2. The first-order valence-electron chi connectivity index (χ1n) is 4.93. The third-order valence-corrected chi connectivity index (χ3v) is 2.41. The molecule has 0 saturated carbocycles. The van der Waals surface area contributed by atoms with E-state index in [4.69, 9.17) is 16.0 Å². The van der Waals surface area contributed by atoms with Gasteiger partial charge in [0, 0.05) is 24.4 Å². The Morgan fingerprint density at radius 2 is 2.00 bits per heavy atom. The van der Waals surface area contributed by atoms with Gasteiger partial charge in [-0.05, 0) is 12.1 Å². The highest BCUT2D eigenvalue weighted by molar-refractivity contribution is 5.90. The molecule has 0 saturated heterocycles. The van der Waals surface area contributed by atoms with Crippen LogP contribution in [-0.4, -0.2) is 18.2 Å². The van der Waals surface area contributed by atoms with Crippen molar-refractivity contribution >= 4 is 17.6 Å². The van der Waals surface area contributed by atoms with Crippen molar-refractivity contribution in [2.45, 2.75) is 0 Å². The van der Waals surface area contributed by atoms with Crippen LogP contribution in [0, 0.1) is 0 Å². The molecule has 1 heterocycles. The lowest BCUT2D eigenvalue weighted by atomic mass is 10.1. The van der Waals surface area contributed by atoms with E-state index in [0.29, 0.717) is 11.4 Å². The van der Waals surface area contributed by atoms with Gasteiger partial charge in [-0.1, -0.05) is 17.3 Å². The van der Waals surface area contributed by atoms with Gasteiger partial charge in [-0.25, -0.2) is 4.79 Å². The summed E-state index contributed by atoms with van der Waals surface area (Å²) in [6.45, 7) is 0. The van der Waals surface area contributed by atoms with Crippen molar-refractivity contribution in [3.05, 3.63) is 30.3 Å². The van der Waals surface area contributed by atoms with E-state index in [0.717, 1.165) is 5.56 Å². The van der Waals surface area contributed by atoms with Gasteiger partial charge in [0.25, 0.3) is 0 Å². The standard InChI is InChI=1S/C11H12N4O2/c1-15(11(13)16)8-4-2-7(3-5-8)9-6-10(12)17-14-9/h2-6H,12H2,1H3,(H2,13,16). The molecule has 88 valence electrons. The summed E-state index contributed by atoms with van der Waals surface area (Å²) in [5.74, 6) is 0.262. The second-order valence-electron chi connectivity index (χ2n) is 3.56. The number of carbonyl (C=O) groups is 1. The number of nitrogens with two attached hydrogens (primary N) is 2. The van der Waals surface area contributed by atoms with E-state index in [1.165, 1.54) is 4.90 Å². The predicted molar refractivity (Wildman–Crippen MR) is 64.3 cm³/mol. The van der Waals surface area contributed by atoms with Crippen LogP contribution in [0.1, 0.15) is 0 Å². The fourth-order valence-corrected chi connectivity index (χ4v) is 1.41. The van der Waals surface area contributed by atoms with E-state index in [2.05, 4.69) is 5.16 Å². The molecule has 2 aromatic rings. The zero-order chi connectivity index (χ0) is 12.4. The van der Waals surface area contributed by atoms with Crippen molar-refractivity contribution in [1.82, 2.24) is 5.16 Å². The summed E-state index contributed by atoms with van der Waals surface area (Å²) in [4.78, 5) is 12.3. The molecule has 6 heteroatoms. The Morgan fingerprint density at radius 1 is 1.35 bits per heavy atom. The Hall–Kier alpha value is -2.50. The largest absolute Gasteiger partial charge is 0.368 e. The third kappa shape index (κ3) is 2.20. The summed E-state index contributed by atoms with van der Waals surface area (Å²) in [7, 11) is 1.60. The number of urea groups is 1. The number of primary amides is 1. The number of nitrogen functional groups attached to an aromatic ring is 1. The van der Waals surface area contributed by atoms with Crippen molar-refractivity contribution in [1.29, 1.82) is 0 Å². The van der Waals surface area contributed by atoms with E-state index in [1.54, 1.807) is 25.2 Å². The maximum atomic E-state index is 11.0. The van der Waals surface area contributed by atoms with E-state index in [9.17, 15) is 4.79 Å². The highest BCUT2D eigenvalue weighted by Gasteiger charge is 2.08. The second kappa shape index (κ2) is 4.17. The molecule has 1 aromatic heterocycles. The summed E-state index contributed by atoms with van der Waals surface area (Å²) >= 11 is 0. The van der Waals surface area contributed by atoms with Crippen molar-refractivity contribution < 1.29 is 9.32 Å². The number of rotatable bonds is 2. The molecule has 17 heavy (non-hydrogen) atoms. The molecule has 0 bridgehead atoms. The van der Waals surface area contributed by atoms with Gasteiger partial charge in [0.1, 0.15) is 5.69 Å². The predicted octanol–water partition coefficient (Wildman–Crippen LogP) is 1.44. The molecule has 0 radical (unpaired) electrons. The third-order valence-electron chi connectivity index (χ3n) is 2.41. The van der Waals surface area contributed by atoms with Gasteiger partial charge in [-0.15, -0.1) is 0 Å². The van der Waals surface area contributed by atoms with E-state index in [1.807, 2.05) is 12.1 Å². The van der Waals surface area contributed by atoms with Gasteiger partial charge >= 0.3 is 6.03 Å². The molecule has 6 nitrogen and oxygen atoms in total. The van der Waals surface area contributed by atoms with E-state index in [-0.39, 0.29) is 5.88 Å². The lowest BCUT2D eigenvalue weighted by molar-refractivity contribution is 0.255. The summed E-state index contributed by atoms with van der Waals surface area (Å²) in [5.41, 5.74) is 12.8. The molecule has 0 atom stereocenters. The summed E-state index contributed by atoms with van der Waals surface area (Å²) in [5, 5.41) is 3.79. The number of aromatic nitrogens is 1. The number of carbonyl (C=O) groups excluding carboxylic acids is 1. The minimum absolute atomic E-state index is 0.262. The Labute approximate surface area is 97.8 Å². The topological polar surface area (TPSA) is 98.4 Å². The number of hydrogen-bond donors (Lipinski definition) is 2. The van der Waals surface area contributed by atoms with Crippen molar-refractivity contribution in [2.24, 2.45) is 5.73 Å². The number of benzene rings is 1.